The largest absolute Gasteiger partial charge is 0.395 e. The summed E-state index contributed by atoms with van der Waals surface area (Å²) < 4.78 is 0. The van der Waals surface area contributed by atoms with Gasteiger partial charge in [-0.1, -0.05) is 0 Å². The number of carbonyl (C=O) groups excluding carboxylic acids is 1. The number of hydrogen-bond acceptors (Lipinski definition) is 6. The van der Waals surface area contributed by atoms with Gasteiger partial charge in [-0.05, 0) is 18.9 Å². The van der Waals surface area contributed by atoms with E-state index in [1.54, 1.807) is 12.5 Å². The predicted octanol–water partition coefficient (Wildman–Crippen LogP) is -0.207. The molecule has 2 aliphatic rings. The Kier molecular flexibility index (Phi) is 6.12. The SMILES string of the molecule is O=C(CN1CCN(CCO)CC1)N1CCCC(c2ccncn2)C1. The highest BCUT2D eigenvalue weighted by molar-refractivity contribution is 5.78. The van der Waals surface area contributed by atoms with Gasteiger partial charge in [0.05, 0.1) is 13.2 Å². The van der Waals surface area contributed by atoms with Gasteiger partial charge in [0.25, 0.3) is 0 Å². The van der Waals surface area contributed by atoms with Gasteiger partial charge in [0.15, 0.2) is 0 Å². The molecule has 3 rings (SSSR count). The first-order valence-electron chi connectivity index (χ1n) is 8.85. The highest BCUT2D eigenvalue weighted by Gasteiger charge is 2.27. The van der Waals surface area contributed by atoms with Crippen LogP contribution in [0.25, 0.3) is 0 Å². The van der Waals surface area contributed by atoms with Crippen molar-refractivity contribution in [3.05, 3.63) is 24.3 Å². The molecule has 0 bridgehead atoms. The molecule has 2 fully saturated rings. The molecule has 1 atom stereocenters. The van der Waals surface area contributed by atoms with Crippen LogP contribution in [0.15, 0.2) is 18.6 Å². The molecule has 3 heterocycles. The van der Waals surface area contributed by atoms with Crippen molar-refractivity contribution in [2.75, 3.05) is 59.0 Å². The Balaban J connectivity index is 1.48. The Bertz CT molecular complexity index is 519. The van der Waals surface area contributed by atoms with Crippen LogP contribution in [0.4, 0.5) is 0 Å². The number of piperidine rings is 1. The fourth-order valence-corrected chi connectivity index (χ4v) is 3.59. The van der Waals surface area contributed by atoms with Crippen LogP contribution in [0.1, 0.15) is 24.5 Å². The van der Waals surface area contributed by atoms with E-state index in [0.29, 0.717) is 12.5 Å². The second-order valence-corrected chi connectivity index (χ2v) is 6.65. The number of rotatable bonds is 5. The van der Waals surface area contributed by atoms with Crippen LogP contribution in [-0.2, 0) is 4.79 Å². The van der Waals surface area contributed by atoms with Crippen molar-refractivity contribution in [2.24, 2.45) is 0 Å². The third kappa shape index (κ3) is 4.49. The summed E-state index contributed by atoms with van der Waals surface area (Å²) in [6.07, 6.45) is 5.47. The normalized spacial score (nSPS) is 23.4. The van der Waals surface area contributed by atoms with Crippen molar-refractivity contribution in [1.29, 1.82) is 0 Å². The first-order valence-corrected chi connectivity index (χ1v) is 8.85. The first-order chi connectivity index (χ1) is 11.8. The summed E-state index contributed by atoms with van der Waals surface area (Å²) in [5.41, 5.74) is 1.04. The van der Waals surface area contributed by atoms with E-state index in [4.69, 9.17) is 5.11 Å². The third-order valence-electron chi connectivity index (χ3n) is 5.04. The van der Waals surface area contributed by atoms with E-state index >= 15 is 0 Å². The van der Waals surface area contributed by atoms with Crippen molar-refractivity contribution in [3.8, 4) is 0 Å². The van der Waals surface area contributed by atoms with Crippen molar-refractivity contribution in [3.63, 3.8) is 0 Å². The molecule has 132 valence electrons. The number of nitrogens with zero attached hydrogens (tertiary/aromatic N) is 5. The van der Waals surface area contributed by atoms with E-state index in [-0.39, 0.29) is 12.5 Å². The highest BCUT2D eigenvalue weighted by Crippen LogP contribution is 2.25. The molecule has 1 aromatic rings. The number of aromatic nitrogens is 2. The fraction of sp³-hybridized carbons (Fsp3) is 0.706. The minimum absolute atomic E-state index is 0.205. The molecule has 2 aliphatic heterocycles. The van der Waals surface area contributed by atoms with E-state index in [1.165, 1.54) is 0 Å². The summed E-state index contributed by atoms with van der Waals surface area (Å²) in [4.78, 5) is 27.4. The molecule has 0 spiro atoms. The molecule has 7 nitrogen and oxygen atoms in total. The van der Waals surface area contributed by atoms with E-state index in [0.717, 1.165) is 64.3 Å². The van der Waals surface area contributed by atoms with Crippen LogP contribution in [0.3, 0.4) is 0 Å². The summed E-state index contributed by atoms with van der Waals surface area (Å²) in [5, 5.41) is 8.99. The third-order valence-corrected chi connectivity index (χ3v) is 5.04. The smallest absolute Gasteiger partial charge is 0.236 e. The number of carbonyl (C=O) groups is 1. The molecule has 1 aromatic heterocycles. The van der Waals surface area contributed by atoms with Crippen LogP contribution in [0, 0.1) is 0 Å². The van der Waals surface area contributed by atoms with Gasteiger partial charge in [-0.15, -0.1) is 0 Å². The fourth-order valence-electron chi connectivity index (χ4n) is 3.59. The molecule has 1 amide bonds. The van der Waals surface area contributed by atoms with Crippen molar-refractivity contribution < 1.29 is 9.90 Å². The number of β-amino-alcohol motifs (C(OH)–C–C–N with tert-alkyl or cyclic N) is 1. The Hall–Kier alpha value is -1.57. The van der Waals surface area contributed by atoms with Gasteiger partial charge in [0.2, 0.25) is 5.91 Å². The van der Waals surface area contributed by atoms with Crippen LogP contribution in [0.2, 0.25) is 0 Å². The lowest BCUT2D eigenvalue weighted by Crippen LogP contribution is -2.51. The van der Waals surface area contributed by atoms with Gasteiger partial charge in [-0.3, -0.25) is 14.6 Å². The zero-order valence-electron chi connectivity index (χ0n) is 14.2. The molecule has 24 heavy (non-hydrogen) atoms. The van der Waals surface area contributed by atoms with Crippen LogP contribution in [0.5, 0.6) is 0 Å². The highest BCUT2D eigenvalue weighted by atomic mass is 16.3. The lowest BCUT2D eigenvalue weighted by Gasteiger charge is -2.37. The minimum Gasteiger partial charge on any atom is -0.395 e. The standard InChI is InChI=1S/C17H27N5O2/c23-11-10-20-6-8-21(9-7-20)13-17(24)22-5-1-2-15(12-22)16-3-4-18-14-19-16/h3-4,14-15,23H,1-2,5-13H2. The maximum absolute atomic E-state index is 12.6. The molecule has 0 aliphatic carbocycles. The molecule has 2 saturated heterocycles. The van der Waals surface area contributed by atoms with E-state index < -0.39 is 0 Å². The minimum atomic E-state index is 0.205. The number of amides is 1. The van der Waals surface area contributed by atoms with E-state index in [2.05, 4.69) is 19.8 Å². The zero-order chi connectivity index (χ0) is 16.8. The average Bonchev–Trinajstić information content (AvgIpc) is 2.64. The second-order valence-electron chi connectivity index (χ2n) is 6.65. The van der Waals surface area contributed by atoms with Gasteiger partial charge in [0, 0.05) is 63.6 Å². The number of hydrogen-bond donors (Lipinski definition) is 1. The Morgan fingerprint density at radius 3 is 2.71 bits per heavy atom. The van der Waals surface area contributed by atoms with Gasteiger partial charge in [-0.25, -0.2) is 9.97 Å². The summed E-state index contributed by atoms with van der Waals surface area (Å²) in [6.45, 7) is 6.71. The van der Waals surface area contributed by atoms with Crippen LogP contribution in [-0.4, -0.2) is 94.6 Å². The summed E-state index contributed by atoms with van der Waals surface area (Å²) in [5.74, 6) is 0.552. The van der Waals surface area contributed by atoms with Gasteiger partial charge >= 0.3 is 0 Å². The molecule has 1 unspecified atom stereocenters. The van der Waals surface area contributed by atoms with Crippen molar-refractivity contribution >= 4 is 5.91 Å². The van der Waals surface area contributed by atoms with Gasteiger partial charge in [-0.2, -0.15) is 0 Å². The number of piperazine rings is 1. The Labute approximate surface area is 143 Å². The van der Waals surface area contributed by atoms with Gasteiger partial charge in [0.1, 0.15) is 6.33 Å². The molecular formula is C17H27N5O2. The molecule has 0 aromatic carbocycles. The second kappa shape index (κ2) is 8.50. The Morgan fingerprint density at radius 2 is 2.00 bits per heavy atom. The molecule has 0 saturated carbocycles. The summed E-state index contributed by atoms with van der Waals surface area (Å²) >= 11 is 0. The maximum Gasteiger partial charge on any atom is 0.236 e. The lowest BCUT2D eigenvalue weighted by molar-refractivity contribution is -0.134. The zero-order valence-corrected chi connectivity index (χ0v) is 14.2. The lowest BCUT2D eigenvalue weighted by atomic mass is 9.94. The van der Waals surface area contributed by atoms with Crippen molar-refractivity contribution in [2.45, 2.75) is 18.8 Å². The average molecular weight is 333 g/mol. The summed E-state index contributed by atoms with van der Waals surface area (Å²) in [6, 6.07) is 1.96. The number of likely N-dealkylation sites (tertiary alicyclic amines) is 1. The Morgan fingerprint density at radius 1 is 1.21 bits per heavy atom. The number of aliphatic hydroxyl groups excluding tert-OH is 1. The summed E-state index contributed by atoms with van der Waals surface area (Å²) in [7, 11) is 0. The number of aliphatic hydroxyl groups is 1. The van der Waals surface area contributed by atoms with E-state index in [9.17, 15) is 4.79 Å². The van der Waals surface area contributed by atoms with Crippen LogP contribution >= 0.6 is 0 Å². The first kappa shape index (κ1) is 17.3. The predicted molar refractivity (Wildman–Crippen MR) is 90.6 cm³/mol. The maximum atomic E-state index is 12.6. The van der Waals surface area contributed by atoms with Crippen LogP contribution < -0.4 is 0 Å². The molecular weight excluding hydrogens is 306 g/mol. The molecule has 7 heteroatoms. The quantitative estimate of drug-likeness (QED) is 0.804. The molecule has 1 N–H and O–H groups in total. The van der Waals surface area contributed by atoms with Gasteiger partial charge < -0.3 is 10.0 Å². The monoisotopic (exact) mass is 333 g/mol. The van der Waals surface area contributed by atoms with Crippen molar-refractivity contribution in [1.82, 2.24) is 24.7 Å². The van der Waals surface area contributed by atoms with E-state index in [1.807, 2.05) is 11.0 Å². The molecule has 0 radical (unpaired) electrons. The topological polar surface area (TPSA) is 72.8 Å².